The molecule has 0 aromatic heterocycles. The van der Waals surface area contributed by atoms with E-state index in [4.69, 9.17) is 0 Å². The van der Waals surface area contributed by atoms with Crippen LogP contribution in [0.15, 0.2) is 0 Å². The summed E-state index contributed by atoms with van der Waals surface area (Å²) in [5.74, 6) is 0.461. The van der Waals surface area contributed by atoms with Gasteiger partial charge in [-0.05, 0) is 25.7 Å². The van der Waals surface area contributed by atoms with Crippen molar-refractivity contribution in [3.63, 3.8) is 0 Å². The summed E-state index contributed by atoms with van der Waals surface area (Å²) in [6.45, 7) is 5.76. The van der Waals surface area contributed by atoms with Crippen LogP contribution in [0, 0.1) is 11.3 Å². The van der Waals surface area contributed by atoms with Gasteiger partial charge in [-0.3, -0.25) is 9.59 Å². The number of carbonyl (C=O) groups is 2. The lowest BCUT2D eigenvalue weighted by Gasteiger charge is -2.31. The van der Waals surface area contributed by atoms with Gasteiger partial charge in [0.25, 0.3) is 0 Å². The van der Waals surface area contributed by atoms with Crippen LogP contribution in [-0.2, 0) is 9.59 Å². The van der Waals surface area contributed by atoms with Crippen molar-refractivity contribution >= 4 is 11.8 Å². The summed E-state index contributed by atoms with van der Waals surface area (Å²) in [5, 5.41) is 3.08. The SMILES string of the molecule is CN(C)C(=O)C1CCC(NC(=O)C(C)(C)C)CC1. The first-order valence-electron chi connectivity index (χ1n) is 6.74. The lowest BCUT2D eigenvalue weighted by Crippen LogP contribution is -2.44. The molecule has 0 radical (unpaired) electrons. The summed E-state index contributed by atoms with van der Waals surface area (Å²) in [4.78, 5) is 25.4. The summed E-state index contributed by atoms with van der Waals surface area (Å²) in [7, 11) is 3.60. The second-order valence-electron chi connectivity index (χ2n) is 6.50. The summed E-state index contributed by atoms with van der Waals surface area (Å²) < 4.78 is 0. The van der Waals surface area contributed by atoms with Crippen LogP contribution in [0.25, 0.3) is 0 Å². The number of nitrogens with zero attached hydrogens (tertiary/aromatic N) is 1. The zero-order valence-electron chi connectivity index (χ0n) is 12.2. The number of hydrogen-bond acceptors (Lipinski definition) is 2. The van der Waals surface area contributed by atoms with E-state index in [0.29, 0.717) is 0 Å². The fourth-order valence-corrected chi connectivity index (χ4v) is 2.25. The summed E-state index contributed by atoms with van der Waals surface area (Å²) in [5.41, 5.74) is -0.337. The molecule has 2 amide bonds. The van der Waals surface area contributed by atoms with Crippen LogP contribution < -0.4 is 5.32 Å². The van der Waals surface area contributed by atoms with Gasteiger partial charge >= 0.3 is 0 Å². The van der Waals surface area contributed by atoms with E-state index in [2.05, 4.69) is 5.32 Å². The minimum atomic E-state index is -0.337. The number of hydrogen-bond donors (Lipinski definition) is 1. The van der Waals surface area contributed by atoms with Crippen LogP contribution in [-0.4, -0.2) is 36.9 Å². The van der Waals surface area contributed by atoms with Gasteiger partial charge in [-0.2, -0.15) is 0 Å². The van der Waals surface area contributed by atoms with E-state index in [9.17, 15) is 9.59 Å². The molecule has 1 saturated carbocycles. The van der Waals surface area contributed by atoms with Crippen molar-refractivity contribution in [1.82, 2.24) is 10.2 Å². The molecule has 0 aliphatic heterocycles. The van der Waals surface area contributed by atoms with Crippen molar-refractivity contribution in [2.75, 3.05) is 14.1 Å². The number of carbonyl (C=O) groups excluding carboxylic acids is 2. The maximum Gasteiger partial charge on any atom is 0.225 e. The molecule has 0 saturated heterocycles. The number of nitrogens with one attached hydrogen (secondary N) is 1. The highest BCUT2D eigenvalue weighted by Crippen LogP contribution is 2.26. The van der Waals surface area contributed by atoms with Crippen molar-refractivity contribution < 1.29 is 9.59 Å². The van der Waals surface area contributed by atoms with Crippen molar-refractivity contribution in [3.8, 4) is 0 Å². The lowest BCUT2D eigenvalue weighted by atomic mass is 9.84. The van der Waals surface area contributed by atoms with Crippen LogP contribution in [0.5, 0.6) is 0 Å². The topological polar surface area (TPSA) is 49.4 Å². The molecule has 1 rings (SSSR count). The third-order valence-electron chi connectivity index (χ3n) is 3.53. The molecule has 104 valence electrons. The standard InChI is InChI=1S/C14H26N2O2/c1-14(2,3)13(18)15-11-8-6-10(7-9-11)12(17)16(4)5/h10-11H,6-9H2,1-5H3,(H,15,18). The predicted octanol–water partition coefficient (Wildman–Crippen LogP) is 1.80. The smallest absolute Gasteiger partial charge is 0.225 e. The molecule has 0 aromatic rings. The Labute approximate surface area is 110 Å². The predicted molar refractivity (Wildman–Crippen MR) is 72.0 cm³/mol. The molecule has 1 N–H and O–H groups in total. The molecule has 0 aromatic carbocycles. The van der Waals surface area contributed by atoms with Gasteiger partial charge in [0.05, 0.1) is 0 Å². The Morgan fingerprint density at radius 2 is 1.56 bits per heavy atom. The first-order valence-corrected chi connectivity index (χ1v) is 6.74. The Kier molecular flexibility index (Phi) is 4.77. The summed E-state index contributed by atoms with van der Waals surface area (Å²) in [6, 6.07) is 0.239. The van der Waals surface area contributed by atoms with E-state index in [-0.39, 0.29) is 29.2 Å². The average Bonchev–Trinajstić information content (AvgIpc) is 2.27. The molecule has 0 spiro atoms. The van der Waals surface area contributed by atoms with Gasteiger partial charge in [0.1, 0.15) is 0 Å². The fraction of sp³-hybridized carbons (Fsp3) is 0.857. The second kappa shape index (κ2) is 5.72. The van der Waals surface area contributed by atoms with Gasteiger partial charge in [0, 0.05) is 31.5 Å². The maximum atomic E-state index is 11.9. The monoisotopic (exact) mass is 254 g/mol. The van der Waals surface area contributed by atoms with Crippen LogP contribution in [0.4, 0.5) is 0 Å². The van der Waals surface area contributed by atoms with Gasteiger partial charge in [-0.1, -0.05) is 20.8 Å². The van der Waals surface area contributed by atoms with Gasteiger partial charge in [0.15, 0.2) is 0 Å². The third kappa shape index (κ3) is 4.00. The lowest BCUT2D eigenvalue weighted by molar-refractivity contribution is -0.134. The first-order chi connectivity index (χ1) is 8.21. The summed E-state index contributed by atoms with van der Waals surface area (Å²) in [6.07, 6.45) is 3.58. The molecule has 0 unspecified atom stereocenters. The Morgan fingerprint density at radius 1 is 1.06 bits per heavy atom. The minimum Gasteiger partial charge on any atom is -0.353 e. The normalized spacial score (nSPS) is 24.5. The van der Waals surface area contributed by atoms with Gasteiger partial charge in [0.2, 0.25) is 11.8 Å². The Morgan fingerprint density at radius 3 is 1.94 bits per heavy atom. The maximum absolute atomic E-state index is 11.9. The highest BCUT2D eigenvalue weighted by molar-refractivity contribution is 5.81. The molecular formula is C14H26N2O2. The van der Waals surface area contributed by atoms with Crippen molar-refractivity contribution in [3.05, 3.63) is 0 Å². The van der Waals surface area contributed by atoms with Crippen molar-refractivity contribution in [2.45, 2.75) is 52.5 Å². The van der Waals surface area contributed by atoms with Gasteiger partial charge in [-0.25, -0.2) is 0 Å². The number of amides is 2. The highest BCUT2D eigenvalue weighted by atomic mass is 16.2. The van der Waals surface area contributed by atoms with Crippen LogP contribution in [0.2, 0.25) is 0 Å². The average molecular weight is 254 g/mol. The number of rotatable bonds is 2. The Balaban J connectivity index is 2.41. The van der Waals surface area contributed by atoms with Gasteiger partial charge < -0.3 is 10.2 Å². The van der Waals surface area contributed by atoms with E-state index < -0.39 is 0 Å². The molecular weight excluding hydrogens is 228 g/mol. The second-order valence-corrected chi connectivity index (χ2v) is 6.50. The van der Waals surface area contributed by atoms with E-state index >= 15 is 0 Å². The molecule has 4 heteroatoms. The molecule has 1 aliphatic carbocycles. The zero-order chi connectivity index (χ0) is 13.9. The Hall–Kier alpha value is -1.06. The van der Waals surface area contributed by atoms with Crippen molar-refractivity contribution in [2.24, 2.45) is 11.3 Å². The minimum absolute atomic E-state index is 0.102. The van der Waals surface area contributed by atoms with Crippen LogP contribution in [0.1, 0.15) is 46.5 Å². The molecule has 0 heterocycles. The molecule has 4 nitrogen and oxygen atoms in total. The quantitative estimate of drug-likeness (QED) is 0.817. The fourth-order valence-electron chi connectivity index (χ4n) is 2.25. The molecule has 0 atom stereocenters. The highest BCUT2D eigenvalue weighted by Gasteiger charge is 2.30. The van der Waals surface area contributed by atoms with Gasteiger partial charge in [-0.15, -0.1) is 0 Å². The molecule has 18 heavy (non-hydrogen) atoms. The van der Waals surface area contributed by atoms with E-state index in [0.717, 1.165) is 25.7 Å². The van der Waals surface area contributed by atoms with Crippen molar-refractivity contribution in [1.29, 1.82) is 0 Å². The van der Waals surface area contributed by atoms with E-state index in [1.165, 1.54) is 0 Å². The van der Waals surface area contributed by atoms with E-state index in [1.54, 1.807) is 19.0 Å². The van der Waals surface area contributed by atoms with E-state index in [1.807, 2.05) is 20.8 Å². The zero-order valence-corrected chi connectivity index (χ0v) is 12.2. The largest absolute Gasteiger partial charge is 0.353 e. The third-order valence-corrected chi connectivity index (χ3v) is 3.53. The molecule has 1 fully saturated rings. The Bertz CT molecular complexity index is 310. The molecule has 1 aliphatic rings. The van der Waals surface area contributed by atoms with Crippen LogP contribution in [0.3, 0.4) is 0 Å². The van der Waals surface area contributed by atoms with Crippen LogP contribution >= 0.6 is 0 Å². The summed E-state index contributed by atoms with van der Waals surface area (Å²) >= 11 is 0. The molecule has 0 bridgehead atoms. The first kappa shape index (κ1) is 15.0.